The van der Waals surface area contributed by atoms with Gasteiger partial charge in [-0.15, -0.1) is 0 Å². The monoisotopic (exact) mass is 288 g/mol. The summed E-state index contributed by atoms with van der Waals surface area (Å²) in [4.78, 5) is -1.20. The Hall–Kier alpha value is -0.730. The van der Waals surface area contributed by atoms with Crippen LogP contribution in [0.4, 0.5) is 8.78 Å². The zero-order chi connectivity index (χ0) is 11.1. The number of phenols is 1. The molecule has 0 unspecified atom stereocenters. The van der Waals surface area contributed by atoms with E-state index in [0.29, 0.717) is 6.07 Å². The van der Waals surface area contributed by atoms with Crippen LogP contribution in [0.1, 0.15) is 0 Å². The minimum atomic E-state index is -4.85. The summed E-state index contributed by atoms with van der Waals surface area (Å²) >= 11 is 2.54. The van der Waals surface area contributed by atoms with Crippen LogP contribution in [0.5, 0.6) is 5.75 Å². The molecule has 0 bridgehead atoms. The number of hydrogen-bond donors (Lipinski definition) is 2. The standard InChI is InChI=1S/C6H3BrF2O4S/c7-2-1-3(8)5(10)4(9)6(2)14(11,12)13/h1,10H,(H,11,12,13). The number of rotatable bonds is 1. The van der Waals surface area contributed by atoms with Gasteiger partial charge in [0.25, 0.3) is 10.1 Å². The van der Waals surface area contributed by atoms with E-state index in [1.807, 2.05) is 0 Å². The van der Waals surface area contributed by atoms with Crippen molar-refractivity contribution in [1.29, 1.82) is 0 Å². The number of halogens is 3. The van der Waals surface area contributed by atoms with E-state index in [4.69, 9.17) is 9.66 Å². The molecule has 0 aliphatic rings. The summed E-state index contributed by atoms with van der Waals surface area (Å²) in [6.45, 7) is 0. The lowest BCUT2D eigenvalue weighted by Crippen LogP contribution is -2.04. The molecule has 0 aliphatic carbocycles. The minimum Gasteiger partial charge on any atom is -0.503 e. The lowest BCUT2D eigenvalue weighted by Gasteiger charge is -2.04. The quantitative estimate of drug-likeness (QED) is 0.771. The highest BCUT2D eigenvalue weighted by Gasteiger charge is 2.25. The SMILES string of the molecule is O=S(=O)(O)c1c(Br)cc(F)c(O)c1F. The zero-order valence-corrected chi connectivity index (χ0v) is 8.73. The summed E-state index contributed by atoms with van der Waals surface area (Å²) in [5.74, 6) is -4.53. The van der Waals surface area contributed by atoms with Gasteiger partial charge in [-0.3, -0.25) is 4.55 Å². The van der Waals surface area contributed by atoms with Gasteiger partial charge in [-0.2, -0.15) is 8.42 Å². The molecule has 8 heteroatoms. The summed E-state index contributed by atoms with van der Waals surface area (Å²) in [6.07, 6.45) is 0. The van der Waals surface area contributed by atoms with Crippen LogP contribution in [0.15, 0.2) is 15.4 Å². The average molecular weight is 289 g/mol. The predicted molar refractivity (Wildman–Crippen MR) is 45.5 cm³/mol. The van der Waals surface area contributed by atoms with E-state index in [-0.39, 0.29) is 0 Å². The lowest BCUT2D eigenvalue weighted by molar-refractivity contribution is 0.383. The van der Waals surface area contributed by atoms with Gasteiger partial charge in [0, 0.05) is 4.47 Å². The van der Waals surface area contributed by atoms with Crippen LogP contribution in [0.2, 0.25) is 0 Å². The molecule has 4 nitrogen and oxygen atoms in total. The summed E-state index contributed by atoms with van der Waals surface area (Å²) in [6, 6.07) is 0.529. The van der Waals surface area contributed by atoms with E-state index in [9.17, 15) is 17.2 Å². The van der Waals surface area contributed by atoms with Crippen LogP contribution in [0.3, 0.4) is 0 Å². The van der Waals surface area contributed by atoms with Crippen LogP contribution < -0.4 is 0 Å². The van der Waals surface area contributed by atoms with Gasteiger partial charge in [-0.05, 0) is 22.0 Å². The Morgan fingerprint density at radius 2 is 1.86 bits per heavy atom. The van der Waals surface area contributed by atoms with E-state index < -0.39 is 36.9 Å². The molecule has 0 heterocycles. The van der Waals surface area contributed by atoms with Crippen molar-refractivity contribution in [2.24, 2.45) is 0 Å². The number of benzene rings is 1. The molecule has 0 amide bonds. The second kappa shape index (κ2) is 3.44. The predicted octanol–water partition coefficient (Wildman–Crippen LogP) is 1.68. The maximum Gasteiger partial charge on any atom is 0.298 e. The third-order valence-corrected chi connectivity index (χ3v) is 3.16. The molecule has 14 heavy (non-hydrogen) atoms. The molecule has 0 fully saturated rings. The highest BCUT2D eigenvalue weighted by atomic mass is 79.9. The van der Waals surface area contributed by atoms with Crippen LogP contribution >= 0.6 is 15.9 Å². The van der Waals surface area contributed by atoms with Gasteiger partial charge in [-0.25, -0.2) is 8.78 Å². The van der Waals surface area contributed by atoms with Crippen LogP contribution in [0.25, 0.3) is 0 Å². The first-order valence-corrected chi connectivity index (χ1v) is 5.32. The fourth-order valence-electron chi connectivity index (χ4n) is 0.799. The van der Waals surface area contributed by atoms with Crippen molar-refractivity contribution in [3.63, 3.8) is 0 Å². The van der Waals surface area contributed by atoms with Gasteiger partial charge in [0.2, 0.25) is 0 Å². The third kappa shape index (κ3) is 1.86. The van der Waals surface area contributed by atoms with E-state index in [2.05, 4.69) is 15.9 Å². The summed E-state index contributed by atoms with van der Waals surface area (Å²) in [5.41, 5.74) is 0. The van der Waals surface area contributed by atoms with Crippen molar-refractivity contribution >= 4 is 26.0 Å². The molecule has 2 N–H and O–H groups in total. The Morgan fingerprint density at radius 3 is 2.29 bits per heavy atom. The van der Waals surface area contributed by atoms with Crippen molar-refractivity contribution in [1.82, 2.24) is 0 Å². The maximum absolute atomic E-state index is 13.0. The third-order valence-electron chi connectivity index (χ3n) is 1.36. The molecule has 0 aliphatic heterocycles. The van der Waals surface area contributed by atoms with Crippen molar-refractivity contribution in [3.05, 3.63) is 22.2 Å². The van der Waals surface area contributed by atoms with Crippen molar-refractivity contribution in [2.75, 3.05) is 0 Å². The van der Waals surface area contributed by atoms with Crippen LogP contribution in [0, 0.1) is 11.6 Å². The van der Waals surface area contributed by atoms with E-state index in [1.165, 1.54) is 0 Å². The van der Waals surface area contributed by atoms with Gasteiger partial charge in [0.1, 0.15) is 4.90 Å². The van der Waals surface area contributed by atoms with Crippen molar-refractivity contribution < 1.29 is 26.9 Å². The molecule has 1 rings (SSSR count). The zero-order valence-electron chi connectivity index (χ0n) is 6.33. The fraction of sp³-hybridized carbons (Fsp3) is 0. The fourth-order valence-corrected chi connectivity index (χ4v) is 2.42. The van der Waals surface area contributed by atoms with Crippen molar-refractivity contribution in [2.45, 2.75) is 4.90 Å². The first kappa shape index (κ1) is 11.3. The van der Waals surface area contributed by atoms with E-state index in [0.717, 1.165) is 0 Å². The average Bonchev–Trinajstić information content (AvgIpc) is 1.97. The van der Waals surface area contributed by atoms with Gasteiger partial charge < -0.3 is 5.11 Å². The van der Waals surface area contributed by atoms with E-state index >= 15 is 0 Å². The van der Waals surface area contributed by atoms with Gasteiger partial charge in [0.15, 0.2) is 17.4 Å². The second-order valence-electron chi connectivity index (χ2n) is 2.31. The maximum atomic E-state index is 13.0. The molecule has 1 aromatic carbocycles. The second-order valence-corrected chi connectivity index (χ2v) is 4.52. The highest BCUT2D eigenvalue weighted by molar-refractivity contribution is 9.10. The first-order valence-electron chi connectivity index (χ1n) is 3.09. The molecule has 0 aromatic heterocycles. The molecular weight excluding hydrogens is 286 g/mol. The van der Waals surface area contributed by atoms with Gasteiger partial charge >= 0.3 is 0 Å². The molecule has 0 saturated carbocycles. The summed E-state index contributed by atoms with van der Waals surface area (Å²) in [5, 5.41) is 8.73. The molecule has 0 saturated heterocycles. The van der Waals surface area contributed by atoms with E-state index in [1.54, 1.807) is 0 Å². The normalized spacial score (nSPS) is 11.7. The molecular formula is C6H3BrF2O4S. The molecule has 0 atom stereocenters. The van der Waals surface area contributed by atoms with Crippen LogP contribution in [-0.4, -0.2) is 18.1 Å². The Kier molecular flexibility index (Phi) is 2.79. The molecule has 0 radical (unpaired) electrons. The smallest absolute Gasteiger partial charge is 0.298 e. The lowest BCUT2D eigenvalue weighted by atomic mass is 10.3. The first-order chi connectivity index (χ1) is 6.25. The van der Waals surface area contributed by atoms with Gasteiger partial charge in [0.05, 0.1) is 0 Å². The minimum absolute atomic E-state index is 0.507. The number of phenolic OH excluding ortho intramolecular Hbond substituents is 1. The molecule has 78 valence electrons. The summed E-state index contributed by atoms with van der Waals surface area (Å²) < 4.78 is 54.8. The molecule has 0 spiro atoms. The Morgan fingerprint density at radius 1 is 1.36 bits per heavy atom. The van der Waals surface area contributed by atoms with Crippen LogP contribution in [-0.2, 0) is 10.1 Å². The topological polar surface area (TPSA) is 74.6 Å². The largest absolute Gasteiger partial charge is 0.503 e. The Balaban J connectivity index is 3.70. The van der Waals surface area contributed by atoms with Gasteiger partial charge in [-0.1, -0.05) is 0 Å². The Labute approximate surface area is 86.1 Å². The molecule has 1 aromatic rings. The van der Waals surface area contributed by atoms with Crippen molar-refractivity contribution in [3.8, 4) is 5.75 Å². The number of aromatic hydroxyl groups is 1. The summed E-state index contributed by atoms with van der Waals surface area (Å²) in [7, 11) is -4.85. The number of hydrogen-bond acceptors (Lipinski definition) is 3. The highest BCUT2D eigenvalue weighted by Crippen LogP contribution is 2.32. The Bertz CT molecular complexity index is 485.